The van der Waals surface area contributed by atoms with Crippen LogP contribution in [0.2, 0.25) is 0 Å². The van der Waals surface area contributed by atoms with E-state index in [1.807, 2.05) is 11.8 Å². The molecule has 0 bridgehead atoms. The highest BCUT2D eigenvalue weighted by Crippen LogP contribution is 2.38. The second-order valence-electron chi connectivity index (χ2n) is 4.48. The van der Waals surface area contributed by atoms with Gasteiger partial charge in [0.1, 0.15) is 0 Å². The van der Waals surface area contributed by atoms with Crippen molar-refractivity contribution in [3.8, 4) is 0 Å². The molecule has 2 aliphatic heterocycles. The van der Waals surface area contributed by atoms with E-state index in [0.717, 1.165) is 6.04 Å². The highest BCUT2D eigenvalue weighted by atomic mass is 32.2. The van der Waals surface area contributed by atoms with E-state index in [-0.39, 0.29) is 0 Å². The second-order valence-corrected chi connectivity index (χ2v) is 6.69. The van der Waals surface area contributed by atoms with Crippen molar-refractivity contribution in [3.05, 3.63) is 29.8 Å². The Hall–Kier alpha value is -0.120. The molecule has 0 saturated carbocycles. The lowest BCUT2D eigenvalue weighted by molar-refractivity contribution is 0.457. The van der Waals surface area contributed by atoms with Gasteiger partial charge in [0.15, 0.2) is 0 Å². The van der Waals surface area contributed by atoms with Crippen molar-refractivity contribution in [1.29, 1.82) is 0 Å². The van der Waals surface area contributed by atoms with E-state index in [9.17, 15) is 0 Å². The Morgan fingerprint density at radius 1 is 1.19 bits per heavy atom. The highest BCUT2D eigenvalue weighted by Gasteiger charge is 2.25. The predicted octanol–water partition coefficient (Wildman–Crippen LogP) is 3.32. The topological polar surface area (TPSA) is 12.0 Å². The van der Waals surface area contributed by atoms with Crippen LogP contribution in [0, 0.1) is 0 Å². The quantitative estimate of drug-likeness (QED) is 0.866. The van der Waals surface area contributed by atoms with E-state index in [0.29, 0.717) is 6.04 Å². The summed E-state index contributed by atoms with van der Waals surface area (Å²) in [5, 5.41) is 3.83. The third-order valence-corrected chi connectivity index (χ3v) is 5.70. The number of fused-ring (bicyclic) bond motifs is 1. The van der Waals surface area contributed by atoms with E-state index in [2.05, 4.69) is 41.3 Å². The van der Waals surface area contributed by atoms with Crippen molar-refractivity contribution in [2.75, 3.05) is 17.3 Å². The van der Waals surface area contributed by atoms with Crippen molar-refractivity contribution < 1.29 is 0 Å². The molecular weight excluding hydrogens is 234 g/mol. The largest absolute Gasteiger partial charge is 0.306 e. The van der Waals surface area contributed by atoms with E-state index in [1.165, 1.54) is 40.6 Å². The molecule has 1 saturated heterocycles. The molecule has 1 aromatic carbocycles. The number of rotatable bonds is 2. The molecule has 1 N–H and O–H groups in total. The Labute approximate surface area is 106 Å². The molecule has 2 unspecified atom stereocenters. The molecule has 0 spiro atoms. The molecule has 2 heterocycles. The summed E-state index contributed by atoms with van der Waals surface area (Å²) < 4.78 is 0. The second kappa shape index (κ2) is 5.03. The van der Waals surface area contributed by atoms with Gasteiger partial charge in [0.25, 0.3) is 0 Å². The Morgan fingerprint density at radius 2 is 2.12 bits per heavy atom. The Kier molecular flexibility index (Phi) is 3.46. The maximum absolute atomic E-state index is 3.83. The summed E-state index contributed by atoms with van der Waals surface area (Å²) in [7, 11) is 0. The van der Waals surface area contributed by atoms with Gasteiger partial charge in [-0.3, -0.25) is 0 Å². The lowest BCUT2D eigenvalue weighted by Gasteiger charge is -2.26. The summed E-state index contributed by atoms with van der Waals surface area (Å²) in [5.74, 6) is 3.86. The van der Waals surface area contributed by atoms with Crippen molar-refractivity contribution in [2.24, 2.45) is 0 Å². The number of thioether (sulfide) groups is 2. The number of hydrogen-bond acceptors (Lipinski definition) is 3. The highest BCUT2D eigenvalue weighted by molar-refractivity contribution is 7.99. The summed E-state index contributed by atoms with van der Waals surface area (Å²) >= 11 is 4.09. The molecule has 0 amide bonds. The van der Waals surface area contributed by atoms with Crippen LogP contribution in [0.15, 0.2) is 29.2 Å². The van der Waals surface area contributed by atoms with Crippen LogP contribution in [-0.4, -0.2) is 23.3 Å². The lowest BCUT2D eigenvalue weighted by atomic mass is 10.1. The van der Waals surface area contributed by atoms with Crippen molar-refractivity contribution in [3.63, 3.8) is 0 Å². The van der Waals surface area contributed by atoms with Crippen LogP contribution in [0.4, 0.5) is 0 Å². The Balaban J connectivity index is 1.68. The first kappa shape index (κ1) is 11.0. The van der Waals surface area contributed by atoms with Crippen LogP contribution in [0.3, 0.4) is 0 Å². The van der Waals surface area contributed by atoms with Crippen molar-refractivity contribution in [1.82, 2.24) is 5.32 Å². The van der Waals surface area contributed by atoms with Crippen molar-refractivity contribution >= 4 is 23.5 Å². The normalized spacial score (nSPS) is 29.0. The molecule has 1 fully saturated rings. The summed E-state index contributed by atoms with van der Waals surface area (Å²) in [6, 6.07) is 10.2. The first-order chi connectivity index (χ1) is 7.93. The minimum Gasteiger partial charge on any atom is -0.306 e. The maximum Gasteiger partial charge on any atom is 0.0428 e. The van der Waals surface area contributed by atoms with Crippen LogP contribution in [0.1, 0.15) is 24.4 Å². The third-order valence-electron chi connectivity index (χ3n) is 3.30. The zero-order chi connectivity index (χ0) is 10.8. The fourth-order valence-corrected chi connectivity index (χ4v) is 4.72. The van der Waals surface area contributed by atoms with Gasteiger partial charge in [-0.05, 0) is 30.2 Å². The summed E-state index contributed by atoms with van der Waals surface area (Å²) in [6.45, 7) is 0. The predicted molar refractivity (Wildman–Crippen MR) is 73.4 cm³/mol. The minimum atomic E-state index is 0.588. The zero-order valence-electron chi connectivity index (χ0n) is 9.32. The Bertz CT molecular complexity index is 361. The van der Waals surface area contributed by atoms with Gasteiger partial charge in [0.05, 0.1) is 0 Å². The van der Waals surface area contributed by atoms with Crippen LogP contribution in [-0.2, 0) is 0 Å². The van der Waals surface area contributed by atoms with Crippen LogP contribution >= 0.6 is 23.5 Å². The van der Waals surface area contributed by atoms with Gasteiger partial charge in [0.2, 0.25) is 0 Å². The average Bonchev–Trinajstić information content (AvgIpc) is 2.74. The molecule has 2 atom stereocenters. The molecule has 86 valence electrons. The Morgan fingerprint density at radius 3 is 3.00 bits per heavy atom. The minimum absolute atomic E-state index is 0.588. The molecule has 0 aliphatic carbocycles. The monoisotopic (exact) mass is 251 g/mol. The van der Waals surface area contributed by atoms with Crippen LogP contribution < -0.4 is 5.32 Å². The molecule has 3 rings (SSSR count). The van der Waals surface area contributed by atoms with Gasteiger partial charge in [0, 0.05) is 28.5 Å². The molecule has 1 nitrogen and oxygen atoms in total. The summed E-state index contributed by atoms with van der Waals surface area (Å²) in [5.41, 5.74) is 1.52. The van der Waals surface area contributed by atoms with Gasteiger partial charge in [-0.25, -0.2) is 0 Å². The fraction of sp³-hybridized carbons (Fsp3) is 0.538. The molecule has 2 aliphatic rings. The first-order valence-electron chi connectivity index (χ1n) is 5.99. The average molecular weight is 251 g/mol. The van der Waals surface area contributed by atoms with Crippen LogP contribution in [0.25, 0.3) is 0 Å². The molecular formula is C13H17NS2. The third kappa shape index (κ3) is 2.27. The van der Waals surface area contributed by atoms with Crippen molar-refractivity contribution in [2.45, 2.75) is 29.8 Å². The number of nitrogens with one attached hydrogen (secondary N) is 1. The van der Waals surface area contributed by atoms with Crippen LogP contribution in [0.5, 0.6) is 0 Å². The SMILES string of the molecule is c1ccc2c(c1)SCC2NC1CCCSC1. The summed E-state index contributed by atoms with van der Waals surface area (Å²) in [6.07, 6.45) is 2.74. The standard InChI is InChI=1S/C13H17NS2/c1-2-6-13-11(5-1)12(9-16-13)14-10-4-3-7-15-8-10/h1-2,5-6,10,12,14H,3-4,7-9H2. The van der Waals surface area contributed by atoms with Gasteiger partial charge in [-0.1, -0.05) is 18.2 Å². The van der Waals surface area contributed by atoms with Gasteiger partial charge < -0.3 is 5.32 Å². The summed E-state index contributed by atoms with van der Waals surface area (Å²) in [4.78, 5) is 1.48. The van der Waals surface area contributed by atoms with E-state index >= 15 is 0 Å². The molecule has 3 heteroatoms. The lowest BCUT2D eigenvalue weighted by Crippen LogP contribution is -2.36. The zero-order valence-corrected chi connectivity index (χ0v) is 10.9. The van der Waals surface area contributed by atoms with Gasteiger partial charge in [-0.15, -0.1) is 11.8 Å². The molecule has 1 aromatic rings. The maximum atomic E-state index is 3.83. The van der Waals surface area contributed by atoms with E-state index < -0.39 is 0 Å². The fourth-order valence-electron chi connectivity index (χ4n) is 2.46. The van der Waals surface area contributed by atoms with E-state index in [1.54, 1.807) is 0 Å². The smallest absolute Gasteiger partial charge is 0.0428 e. The van der Waals surface area contributed by atoms with E-state index in [4.69, 9.17) is 0 Å². The van der Waals surface area contributed by atoms with Gasteiger partial charge in [-0.2, -0.15) is 11.8 Å². The molecule has 0 radical (unpaired) electrons. The number of benzene rings is 1. The van der Waals surface area contributed by atoms with Gasteiger partial charge >= 0.3 is 0 Å². The number of hydrogen-bond donors (Lipinski definition) is 1. The molecule has 16 heavy (non-hydrogen) atoms. The molecule has 0 aromatic heterocycles. The first-order valence-corrected chi connectivity index (χ1v) is 8.13.